The maximum Gasteiger partial charge on any atom is 0.360 e. The van der Waals surface area contributed by atoms with Crippen LogP contribution in [0.5, 0.6) is 5.75 Å². The number of rotatable bonds is 4. The molecule has 1 aromatic heterocycles. The van der Waals surface area contributed by atoms with Crippen molar-refractivity contribution in [3.63, 3.8) is 0 Å². The molecule has 3 rings (SSSR count). The van der Waals surface area contributed by atoms with Crippen LogP contribution in [0.25, 0.3) is 10.8 Å². The summed E-state index contributed by atoms with van der Waals surface area (Å²) in [7, 11) is 1.28. The predicted octanol–water partition coefficient (Wildman–Crippen LogP) is 4.60. The Balaban J connectivity index is 2.17. The van der Waals surface area contributed by atoms with Gasteiger partial charge in [-0.15, -0.1) is 0 Å². The van der Waals surface area contributed by atoms with Gasteiger partial charge in [0.15, 0.2) is 11.4 Å². The third-order valence-electron chi connectivity index (χ3n) is 3.65. The van der Waals surface area contributed by atoms with Crippen molar-refractivity contribution in [2.24, 2.45) is 0 Å². The Morgan fingerprint density at radius 2 is 1.96 bits per heavy atom. The van der Waals surface area contributed by atoms with Crippen molar-refractivity contribution in [2.45, 2.75) is 6.61 Å². The summed E-state index contributed by atoms with van der Waals surface area (Å²) >= 11 is 9.71. The molecule has 25 heavy (non-hydrogen) atoms. The predicted molar refractivity (Wildman–Crippen MR) is 101 cm³/mol. The highest BCUT2D eigenvalue weighted by Crippen LogP contribution is 2.40. The van der Waals surface area contributed by atoms with Crippen LogP contribution in [0.2, 0.25) is 5.02 Å². The van der Waals surface area contributed by atoms with Crippen molar-refractivity contribution >= 4 is 50.1 Å². The Kier molecular flexibility index (Phi) is 5.11. The average molecular weight is 422 g/mol. The van der Waals surface area contributed by atoms with Gasteiger partial charge in [-0.3, -0.25) is 0 Å². The maximum atomic E-state index is 12.1. The summed E-state index contributed by atoms with van der Waals surface area (Å²) in [6.07, 6.45) is 0. The molecule has 2 N–H and O–H groups in total. The Hall–Kier alpha value is -2.31. The summed E-state index contributed by atoms with van der Waals surface area (Å²) in [4.78, 5) is 16.3. The van der Waals surface area contributed by atoms with Crippen molar-refractivity contribution in [2.75, 3.05) is 12.8 Å². The van der Waals surface area contributed by atoms with E-state index in [1.54, 1.807) is 12.1 Å². The van der Waals surface area contributed by atoms with E-state index < -0.39 is 5.97 Å². The van der Waals surface area contributed by atoms with E-state index in [1.165, 1.54) is 7.11 Å². The van der Waals surface area contributed by atoms with E-state index in [9.17, 15) is 4.79 Å². The lowest BCUT2D eigenvalue weighted by atomic mass is 10.1. The minimum absolute atomic E-state index is 0.0156. The summed E-state index contributed by atoms with van der Waals surface area (Å²) in [5, 5.41) is 1.52. The molecular formula is C18H14BrClN2O3. The second-order valence-corrected chi connectivity index (χ2v) is 6.46. The number of carbonyl (C=O) groups excluding carboxylic acids is 1. The number of carbonyl (C=O) groups is 1. The number of nitrogens with zero attached hydrogens (tertiary/aromatic N) is 1. The molecule has 0 aliphatic heterocycles. The van der Waals surface area contributed by atoms with Gasteiger partial charge in [0.25, 0.3) is 0 Å². The van der Waals surface area contributed by atoms with Crippen LogP contribution >= 0.6 is 27.5 Å². The van der Waals surface area contributed by atoms with Gasteiger partial charge in [0.05, 0.1) is 12.1 Å². The number of hydrogen-bond acceptors (Lipinski definition) is 5. The summed E-state index contributed by atoms with van der Waals surface area (Å²) in [5.41, 5.74) is 6.98. The number of benzene rings is 2. The zero-order valence-corrected chi connectivity index (χ0v) is 15.6. The first kappa shape index (κ1) is 17.5. The minimum Gasteiger partial charge on any atom is -0.486 e. The van der Waals surface area contributed by atoms with E-state index in [4.69, 9.17) is 26.8 Å². The highest BCUT2D eigenvalue weighted by Gasteiger charge is 2.22. The number of halogens is 2. The SMILES string of the molecule is COC(=O)c1nc(N)c2c(Cl)c(Br)ccc2c1OCc1ccccc1. The fourth-order valence-electron chi connectivity index (χ4n) is 2.46. The van der Waals surface area contributed by atoms with Gasteiger partial charge in [-0.2, -0.15) is 0 Å². The van der Waals surface area contributed by atoms with Crippen LogP contribution in [0.1, 0.15) is 16.1 Å². The van der Waals surface area contributed by atoms with Crippen molar-refractivity contribution in [1.82, 2.24) is 4.98 Å². The third kappa shape index (κ3) is 3.41. The Morgan fingerprint density at radius 3 is 2.64 bits per heavy atom. The smallest absolute Gasteiger partial charge is 0.360 e. The van der Waals surface area contributed by atoms with Crippen molar-refractivity contribution in [1.29, 1.82) is 0 Å². The Bertz CT molecular complexity index is 948. The standard InChI is InChI=1S/C18H14BrClN2O3/c1-24-18(23)15-16(25-9-10-5-3-2-4-6-10)11-7-8-12(19)14(20)13(11)17(21)22-15/h2-8H,9H2,1H3,(H2,21,22). The summed E-state index contributed by atoms with van der Waals surface area (Å²) in [5.74, 6) is -0.209. The molecule has 0 fully saturated rings. The number of nitrogens with two attached hydrogens (primary N) is 1. The minimum atomic E-state index is -0.629. The van der Waals surface area contributed by atoms with Crippen LogP contribution in [-0.4, -0.2) is 18.1 Å². The number of hydrogen-bond donors (Lipinski definition) is 1. The molecular weight excluding hydrogens is 408 g/mol. The maximum absolute atomic E-state index is 12.1. The second kappa shape index (κ2) is 7.29. The topological polar surface area (TPSA) is 74.4 Å². The molecule has 0 saturated carbocycles. The molecule has 0 aliphatic rings. The van der Waals surface area contributed by atoms with Gasteiger partial charge >= 0.3 is 5.97 Å². The number of nitrogen functional groups attached to an aromatic ring is 1. The van der Waals surface area contributed by atoms with E-state index in [-0.39, 0.29) is 23.9 Å². The van der Waals surface area contributed by atoms with Gasteiger partial charge < -0.3 is 15.2 Å². The van der Waals surface area contributed by atoms with E-state index >= 15 is 0 Å². The van der Waals surface area contributed by atoms with Gasteiger partial charge in [-0.05, 0) is 33.6 Å². The number of esters is 1. The van der Waals surface area contributed by atoms with Gasteiger partial charge in [0.2, 0.25) is 0 Å². The molecule has 128 valence electrons. The molecule has 0 bridgehead atoms. The molecule has 3 aromatic rings. The van der Waals surface area contributed by atoms with Gasteiger partial charge in [-0.25, -0.2) is 9.78 Å². The molecule has 0 spiro atoms. The number of fused-ring (bicyclic) bond motifs is 1. The van der Waals surface area contributed by atoms with Crippen LogP contribution in [-0.2, 0) is 11.3 Å². The van der Waals surface area contributed by atoms with Crippen LogP contribution < -0.4 is 10.5 Å². The summed E-state index contributed by atoms with van der Waals surface area (Å²) in [6, 6.07) is 13.1. The number of aromatic nitrogens is 1. The Labute approximate surface area is 157 Å². The van der Waals surface area contributed by atoms with Gasteiger partial charge in [-0.1, -0.05) is 41.9 Å². The first-order valence-electron chi connectivity index (χ1n) is 7.35. The van der Waals surface area contributed by atoms with Crippen LogP contribution in [0.4, 0.5) is 5.82 Å². The normalized spacial score (nSPS) is 10.7. The molecule has 0 atom stereocenters. The van der Waals surface area contributed by atoms with E-state index in [1.807, 2.05) is 30.3 Å². The van der Waals surface area contributed by atoms with Crippen LogP contribution in [0.15, 0.2) is 46.9 Å². The highest BCUT2D eigenvalue weighted by atomic mass is 79.9. The molecule has 1 heterocycles. The number of anilines is 1. The van der Waals surface area contributed by atoms with E-state index in [2.05, 4.69) is 20.9 Å². The van der Waals surface area contributed by atoms with Crippen LogP contribution in [0.3, 0.4) is 0 Å². The van der Waals surface area contributed by atoms with Crippen molar-refractivity contribution in [3.05, 3.63) is 63.2 Å². The lowest BCUT2D eigenvalue weighted by Gasteiger charge is -2.15. The van der Waals surface area contributed by atoms with E-state index in [0.29, 0.717) is 20.3 Å². The first-order valence-corrected chi connectivity index (χ1v) is 8.52. The first-order chi connectivity index (χ1) is 12.0. The fourth-order valence-corrected chi connectivity index (χ4v) is 3.05. The molecule has 0 aliphatic carbocycles. The number of pyridine rings is 1. The molecule has 0 amide bonds. The van der Waals surface area contributed by atoms with Crippen molar-refractivity contribution in [3.8, 4) is 5.75 Å². The zero-order chi connectivity index (χ0) is 18.0. The summed E-state index contributed by atoms with van der Waals surface area (Å²) < 4.78 is 11.4. The Morgan fingerprint density at radius 1 is 1.24 bits per heavy atom. The largest absolute Gasteiger partial charge is 0.486 e. The zero-order valence-electron chi connectivity index (χ0n) is 13.3. The average Bonchev–Trinajstić information content (AvgIpc) is 2.63. The quantitative estimate of drug-likeness (QED) is 0.623. The molecule has 0 radical (unpaired) electrons. The molecule has 5 nitrogen and oxygen atoms in total. The molecule has 7 heteroatoms. The summed E-state index contributed by atoms with van der Waals surface area (Å²) in [6.45, 7) is 0.263. The van der Waals surface area contributed by atoms with Crippen LogP contribution in [0, 0.1) is 0 Å². The van der Waals surface area contributed by atoms with Gasteiger partial charge in [0.1, 0.15) is 12.4 Å². The lowest BCUT2D eigenvalue weighted by Crippen LogP contribution is -2.11. The third-order valence-corrected chi connectivity index (χ3v) is 4.93. The fraction of sp³-hybridized carbons (Fsp3) is 0.111. The monoisotopic (exact) mass is 420 g/mol. The number of ether oxygens (including phenoxy) is 2. The van der Waals surface area contributed by atoms with E-state index in [0.717, 1.165) is 5.56 Å². The number of methoxy groups -OCH3 is 1. The highest BCUT2D eigenvalue weighted by molar-refractivity contribution is 9.10. The molecule has 0 unspecified atom stereocenters. The second-order valence-electron chi connectivity index (χ2n) is 5.22. The van der Waals surface area contributed by atoms with Crippen molar-refractivity contribution < 1.29 is 14.3 Å². The lowest BCUT2D eigenvalue weighted by molar-refractivity contribution is 0.0589. The molecule has 2 aromatic carbocycles. The van der Waals surface area contributed by atoms with Gasteiger partial charge in [0, 0.05) is 15.2 Å². The molecule has 0 saturated heterocycles.